The molecule has 0 aromatic heterocycles. The average molecular weight is 421 g/mol. The fraction of sp³-hybridized carbons (Fsp3) is 0.375. The van der Waals surface area contributed by atoms with Crippen LogP contribution < -0.4 is 15.5 Å². The second-order valence-corrected chi connectivity index (χ2v) is 8.20. The van der Waals surface area contributed by atoms with E-state index in [0.717, 1.165) is 47.5 Å². The van der Waals surface area contributed by atoms with Gasteiger partial charge in [0.1, 0.15) is 12.1 Å². The highest BCUT2D eigenvalue weighted by Crippen LogP contribution is 2.39. The summed E-state index contributed by atoms with van der Waals surface area (Å²) in [5.41, 5.74) is 2.01. The summed E-state index contributed by atoms with van der Waals surface area (Å²) in [7, 11) is 2.01. The Bertz CT molecular complexity index is 978. The van der Waals surface area contributed by atoms with E-state index >= 15 is 0 Å². The molecular weight excluding hydrogens is 392 g/mol. The molecule has 31 heavy (non-hydrogen) atoms. The summed E-state index contributed by atoms with van der Waals surface area (Å²) in [6.07, 6.45) is 3.02. The number of hydrogen-bond donors (Lipinski definition) is 2. The number of nitrogens with zero attached hydrogens (tertiary/aromatic N) is 2. The molecule has 0 saturated carbocycles. The highest BCUT2D eigenvalue weighted by Gasteiger charge is 2.54. The smallest absolute Gasteiger partial charge is 0.325 e. The molecule has 0 radical (unpaired) electrons. The minimum Gasteiger partial charge on any atom is -0.375 e. The molecule has 0 unspecified atom stereocenters. The summed E-state index contributed by atoms with van der Waals surface area (Å²) in [5, 5.41) is 5.71. The summed E-state index contributed by atoms with van der Waals surface area (Å²) < 4.78 is 0. The van der Waals surface area contributed by atoms with Gasteiger partial charge in [0.25, 0.3) is 5.91 Å². The van der Waals surface area contributed by atoms with Gasteiger partial charge in [-0.05, 0) is 48.9 Å². The van der Waals surface area contributed by atoms with Crippen LogP contribution in [0.2, 0.25) is 0 Å². The first-order chi connectivity index (χ1) is 15.0. The predicted octanol–water partition coefficient (Wildman–Crippen LogP) is 2.41. The normalized spacial score (nSPS) is 19.8. The Morgan fingerprint density at radius 3 is 2.68 bits per heavy atom. The number of fused-ring (bicyclic) bond motifs is 2. The highest BCUT2D eigenvalue weighted by molar-refractivity contribution is 6.09. The number of aryl methyl sites for hydroxylation is 1. The molecule has 1 saturated heterocycles. The van der Waals surface area contributed by atoms with Gasteiger partial charge in [0.05, 0.1) is 0 Å². The van der Waals surface area contributed by atoms with Crippen LogP contribution in [-0.4, -0.2) is 49.4 Å². The number of imide groups is 1. The minimum absolute atomic E-state index is 0.261. The molecule has 0 bridgehead atoms. The lowest BCUT2D eigenvalue weighted by Gasteiger charge is -2.33. The van der Waals surface area contributed by atoms with Crippen molar-refractivity contribution in [1.29, 1.82) is 0 Å². The maximum Gasteiger partial charge on any atom is 0.325 e. The van der Waals surface area contributed by atoms with Crippen molar-refractivity contribution in [2.45, 2.75) is 31.2 Å². The largest absolute Gasteiger partial charge is 0.375 e. The van der Waals surface area contributed by atoms with Gasteiger partial charge >= 0.3 is 6.03 Å². The molecule has 1 heterocycles. The van der Waals surface area contributed by atoms with Crippen LogP contribution in [-0.2, 0) is 21.5 Å². The average Bonchev–Trinajstić information content (AvgIpc) is 3.02. The molecular formula is C24H28N4O3. The lowest BCUT2D eigenvalue weighted by molar-refractivity contribution is -0.135. The van der Waals surface area contributed by atoms with Crippen molar-refractivity contribution in [3.8, 4) is 0 Å². The van der Waals surface area contributed by atoms with E-state index in [2.05, 4.69) is 15.5 Å². The lowest BCUT2D eigenvalue weighted by Crippen LogP contribution is -2.47. The Balaban J connectivity index is 1.31. The number of nitrogens with one attached hydrogen (secondary N) is 2. The molecule has 2 aromatic rings. The van der Waals surface area contributed by atoms with Crippen molar-refractivity contribution in [3.05, 3.63) is 65.7 Å². The van der Waals surface area contributed by atoms with Gasteiger partial charge in [0.15, 0.2) is 0 Å². The fourth-order valence-corrected chi connectivity index (χ4v) is 4.51. The molecule has 2 aliphatic rings. The molecule has 4 amide bonds. The van der Waals surface area contributed by atoms with Crippen LogP contribution in [0.5, 0.6) is 0 Å². The zero-order valence-corrected chi connectivity index (χ0v) is 17.8. The van der Waals surface area contributed by atoms with Gasteiger partial charge in [-0.2, -0.15) is 0 Å². The summed E-state index contributed by atoms with van der Waals surface area (Å²) >= 11 is 0. The zero-order chi connectivity index (χ0) is 21.8. The van der Waals surface area contributed by atoms with Crippen LogP contribution in [0, 0.1) is 0 Å². The monoisotopic (exact) mass is 420 g/mol. The summed E-state index contributed by atoms with van der Waals surface area (Å²) in [6, 6.07) is 17.3. The Kier molecular flexibility index (Phi) is 5.93. The molecule has 1 aliphatic carbocycles. The van der Waals surface area contributed by atoms with Crippen LogP contribution in [0.25, 0.3) is 0 Å². The first-order valence-electron chi connectivity index (χ1n) is 10.8. The van der Waals surface area contributed by atoms with Gasteiger partial charge in [-0.3, -0.25) is 14.5 Å². The number of amides is 4. The van der Waals surface area contributed by atoms with Gasteiger partial charge < -0.3 is 15.5 Å². The SMILES string of the molecule is CN(CCCNC(=O)CN1C(=O)N[C@@]2(CCCc3ccccc32)C1=O)c1ccccc1. The standard InChI is InChI=1S/C24H28N4O3/c1-27(19-11-3-2-4-12-19)16-8-15-25-21(29)17-28-22(30)24(26-23(28)31)14-7-10-18-9-5-6-13-20(18)24/h2-6,9,11-13H,7-8,10,14-17H2,1H3,(H,25,29)(H,26,31)/t24-/m1/s1. The van der Waals surface area contributed by atoms with E-state index in [1.54, 1.807) is 0 Å². The second kappa shape index (κ2) is 8.79. The molecule has 1 aliphatic heterocycles. The Hall–Kier alpha value is -3.35. The van der Waals surface area contributed by atoms with Crippen LogP contribution in [0.15, 0.2) is 54.6 Å². The van der Waals surface area contributed by atoms with Crippen LogP contribution in [0.1, 0.15) is 30.4 Å². The van der Waals surface area contributed by atoms with Gasteiger partial charge in [-0.1, -0.05) is 42.5 Å². The van der Waals surface area contributed by atoms with Crippen LogP contribution in [0.3, 0.4) is 0 Å². The number of para-hydroxylation sites is 1. The zero-order valence-electron chi connectivity index (χ0n) is 17.8. The lowest BCUT2D eigenvalue weighted by atomic mass is 9.76. The molecule has 162 valence electrons. The van der Waals surface area contributed by atoms with Crippen molar-refractivity contribution in [3.63, 3.8) is 0 Å². The van der Waals surface area contributed by atoms with Gasteiger partial charge in [-0.15, -0.1) is 0 Å². The molecule has 1 fully saturated rings. The molecule has 1 atom stereocenters. The van der Waals surface area contributed by atoms with Crippen molar-refractivity contribution in [1.82, 2.24) is 15.5 Å². The molecule has 2 aromatic carbocycles. The summed E-state index contributed by atoms with van der Waals surface area (Å²) in [5.74, 6) is -0.657. The van der Waals surface area contributed by atoms with E-state index in [4.69, 9.17) is 0 Å². The van der Waals surface area contributed by atoms with E-state index in [1.165, 1.54) is 0 Å². The molecule has 4 rings (SSSR count). The number of anilines is 1. The number of rotatable bonds is 7. The number of urea groups is 1. The van der Waals surface area contributed by atoms with Crippen molar-refractivity contribution in [2.75, 3.05) is 31.6 Å². The summed E-state index contributed by atoms with van der Waals surface area (Å²) in [6.45, 7) is 1.00. The Labute approximate surface area is 182 Å². The fourth-order valence-electron chi connectivity index (χ4n) is 4.51. The third kappa shape index (κ3) is 4.13. The Morgan fingerprint density at radius 2 is 1.87 bits per heavy atom. The van der Waals surface area contributed by atoms with Crippen molar-refractivity contribution in [2.24, 2.45) is 0 Å². The van der Waals surface area contributed by atoms with E-state index in [-0.39, 0.29) is 18.4 Å². The highest BCUT2D eigenvalue weighted by atomic mass is 16.2. The number of carbonyl (C=O) groups is 3. The van der Waals surface area contributed by atoms with Crippen LogP contribution in [0.4, 0.5) is 10.5 Å². The first-order valence-corrected chi connectivity index (χ1v) is 10.8. The molecule has 2 N–H and O–H groups in total. The molecule has 1 spiro atoms. The molecule has 7 nitrogen and oxygen atoms in total. The first kappa shape index (κ1) is 20.9. The van der Waals surface area contributed by atoms with Gasteiger partial charge in [0, 0.05) is 25.8 Å². The van der Waals surface area contributed by atoms with E-state index in [1.807, 2.05) is 61.6 Å². The second-order valence-electron chi connectivity index (χ2n) is 8.20. The summed E-state index contributed by atoms with van der Waals surface area (Å²) in [4.78, 5) is 41.4. The third-order valence-corrected chi connectivity index (χ3v) is 6.14. The van der Waals surface area contributed by atoms with Crippen LogP contribution >= 0.6 is 0 Å². The molecule has 7 heteroatoms. The van der Waals surface area contributed by atoms with E-state index < -0.39 is 11.6 Å². The quantitative estimate of drug-likeness (QED) is 0.532. The number of benzene rings is 2. The Morgan fingerprint density at radius 1 is 1.13 bits per heavy atom. The topological polar surface area (TPSA) is 81.8 Å². The van der Waals surface area contributed by atoms with E-state index in [9.17, 15) is 14.4 Å². The minimum atomic E-state index is -1.04. The van der Waals surface area contributed by atoms with Gasteiger partial charge in [-0.25, -0.2) is 4.79 Å². The maximum absolute atomic E-state index is 13.2. The third-order valence-electron chi connectivity index (χ3n) is 6.14. The van der Waals surface area contributed by atoms with Crippen molar-refractivity contribution >= 4 is 23.5 Å². The number of hydrogen-bond acceptors (Lipinski definition) is 4. The van der Waals surface area contributed by atoms with Crippen molar-refractivity contribution < 1.29 is 14.4 Å². The number of carbonyl (C=O) groups excluding carboxylic acids is 3. The van der Waals surface area contributed by atoms with E-state index in [0.29, 0.717) is 13.0 Å². The predicted molar refractivity (Wildman–Crippen MR) is 119 cm³/mol. The maximum atomic E-state index is 13.2. The van der Waals surface area contributed by atoms with Gasteiger partial charge in [0.2, 0.25) is 5.91 Å².